The fourth-order valence-electron chi connectivity index (χ4n) is 6.90. The van der Waals surface area contributed by atoms with Gasteiger partial charge in [-0.05, 0) is 96.1 Å². The first-order valence-electron chi connectivity index (χ1n) is 18.9. The quantitative estimate of drug-likeness (QED) is 0.163. The second-order valence-corrected chi connectivity index (χ2v) is 14.0. The van der Waals surface area contributed by atoms with Crippen LogP contribution in [0.15, 0.2) is 134 Å². The molecule has 0 atom stereocenters. The molecule has 0 spiro atoms. The molecular formula is C45H32F2N12O2. The molecule has 0 fully saturated rings. The summed E-state index contributed by atoms with van der Waals surface area (Å²) in [5.41, 5.74) is 13.6. The van der Waals surface area contributed by atoms with Gasteiger partial charge in [0.05, 0.1) is 46.6 Å². The number of hydrogen-bond donors (Lipinski definition) is 2. The maximum absolute atomic E-state index is 14.4. The van der Waals surface area contributed by atoms with Crippen molar-refractivity contribution < 1.29 is 18.4 Å². The van der Waals surface area contributed by atoms with Crippen molar-refractivity contribution in [1.29, 1.82) is 0 Å². The molecule has 3 N–H and O–H groups in total. The van der Waals surface area contributed by atoms with Gasteiger partial charge in [-0.2, -0.15) is 0 Å². The molecule has 0 unspecified atom stereocenters. The molecule has 298 valence electrons. The molecule has 6 aromatic heterocycles. The number of carbonyl (C=O) groups is 2. The Kier molecular flexibility index (Phi) is 10.1. The van der Waals surface area contributed by atoms with Crippen LogP contribution in [0.3, 0.4) is 0 Å². The van der Waals surface area contributed by atoms with Crippen LogP contribution in [-0.4, -0.2) is 68.8 Å². The summed E-state index contributed by atoms with van der Waals surface area (Å²) in [5.74, 6) is -2.57. The SMILES string of the molecule is CNC(=O)c1ccc(-c2ccc3nnn(Cc4ccc5ncccc5c4)c3n2)cc1F.NC(=O)c1ccc(-c2ccc3nnn(Cc4ccc5ncccc5c4)c3n2)cc1F. The van der Waals surface area contributed by atoms with E-state index in [9.17, 15) is 18.4 Å². The number of rotatable bonds is 8. The van der Waals surface area contributed by atoms with Crippen LogP contribution in [0.4, 0.5) is 8.78 Å². The van der Waals surface area contributed by atoms with Gasteiger partial charge in [0.15, 0.2) is 11.3 Å². The number of aromatic nitrogens is 10. The van der Waals surface area contributed by atoms with E-state index in [1.807, 2.05) is 48.5 Å². The highest BCUT2D eigenvalue weighted by molar-refractivity contribution is 5.95. The maximum atomic E-state index is 14.4. The first kappa shape index (κ1) is 38.1. The number of primary amides is 1. The van der Waals surface area contributed by atoms with Crippen molar-refractivity contribution in [3.05, 3.63) is 168 Å². The summed E-state index contributed by atoms with van der Waals surface area (Å²) in [6.07, 6.45) is 3.53. The molecule has 10 aromatic rings. The lowest BCUT2D eigenvalue weighted by Gasteiger charge is -2.07. The first-order valence-corrected chi connectivity index (χ1v) is 18.9. The standard InChI is InChI=1S/C23H17FN6O.C22H15FN6O/c1-25-23(31)17-6-5-16(12-18(17)24)20-8-9-21-22(27-20)30(29-28-21)13-14-4-7-19-15(11-14)3-2-10-26-19;23-17-11-15(4-5-16(17)21(24)30)19-7-8-20-22(26-19)29(28-27-20)12-13-3-6-18-14(10-13)2-1-9-25-18/h2-12H,13H2,1H3,(H,25,31);1-11H,12H2,(H2,24,30). The summed E-state index contributed by atoms with van der Waals surface area (Å²) in [6.45, 7) is 0.967. The summed E-state index contributed by atoms with van der Waals surface area (Å²) in [5, 5.41) is 21.3. The molecule has 14 nitrogen and oxygen atoms in total. The average molecular weight is 811 g/mol. The largest absolute Gasteiger partial charge is 0.366 e. The lowest BCUT2D eigenvalue weighted by Crippen LogP contribution is -2.19. The predicted molar refractivity (Wildman–Crippen MR) is 225 cm³/mol. The number of carbonyl (C=O) groups excluding carboxylic acids is 2. The van der Waals surface area contributed by atoms with Gasteiger partial charge in [0.25, 0.3) is 11.8 Å². The molecular weight excluding hydrogens is 779 g/mol. The van der Waals surface area contributed by atoms with Crippen molar-refractivity contribution in [3.63, 3.8) is 0 Å². The Morgan fingerprint density at radius 1 is 0.590 bits per heavy atom. The highest BCUT2D eigenvalue weighted by atomic mass is 19.1. The van der Waals surface area contributed by atoms with E-state index in [0.29, 0.717) is 57.9 Å². The van der Waals surface area contributed by atoms with Crippen molar-refractivity contribution in [2.45, 2.75) is 13.1 Å². The number of hydrogen-bond acceptors (Lipinski definition) is 10. The topological polar surface area (TPSA) is 185 Å². The van der Waals surface area contributed by atoms with Gasteiger partial charge in [0.2, 0.25) is 0 Å². The summed E-state index contributed by atoms with van der Waals surface area (Å²) in [7, 11) is 1.46. The van der Waals surface area contributed by atoms with Crippen molar-refractivity contribution >= 4 is 55.9 Å². The van der Waals surface area contributed by atoms with Gasteiger partial charge in [0, 0.05) is 41.3 Å². The van der Waals surface area contributed by atoms with Crippen LogP contribution in [0, 0.1) is 11.6 Å². The number of amides is 2. The molecule has 10 rings (SSSR count). The van der Waals surface area contributed by atoms with Crippen LogP contribution < -0.4 is 11.1 Å². The molecule has 0 saturated heterocycles. The van der Waals surface area contributed by atoms with Crippen molar-refractivity contribution in [2.24, 2.45) is 5.73 Å². The summed E-state index contributed by atoms with van der Waals surface area (Å²) in [4.78, 5) is 40.9. The minimum absolute atomic E-state index is 0.00942. The molecule has 4 aromatic carbocycles. The minimum atomic E-state index is -0.810. The Labute approximate surface area is 344 Å². The molecule has 6 heterocycles. The van der Waals surface area contributed by atoms with Gasteiger partial charge in [0.1, 0.15) is 22.7 Å². The van der Waals surface area contributed by atoms with Crippen LogP contribution in [0.1, 0.15) is 31.8 Å². The Bertz CT molecular complexity index is 3310. The van der Waals surface area contributed by atoms with Crippen molar-refractivity contribution in [2.75, 3.05) is 7.05 Å². The van der Waals surface area contributed by atoms with E-state index in [-0.39, 0.29) is 11.1 Å². The fourth-order valence-corrected chi connectivity index (χ4v) is 6.90. The third-order valence-electron chi connectivity index (χ3n) is 9.99. The summed E-state index contributed by atoms with van der Waals surface area (Å²) in [6, 6.07) is 35.6. The summed E-state index contributed by atoms with van der Waals surface area (Å²) >= 11 is 0. The van der Waals surface area contributed by atoms with Gasteiger partial charge in [-0.15, -0.1) is 10.2 Å². The lowest BCUT2D eigenvalue weighted by atomic mass is 10.1. The van der Waals surface area contributed by atoms with E-state index in [1.54, 1.807) is 58.2 Å². The lowest BCUT2D eigenvalue weighted by molar-refractivity contribution is 0.0957. The van der Waals surface area contributed by atoms with E-state index >= 15 is 0 Å². The van der Waals surface area contributed by atoms with Gasteiger partial charge in [-0.3, -0.25) is 19.6 Å². The number of pyridine rings is 4. The third kappa shape index (κ3) is 7.80. The van der Waals surface area contributed by atoms with Crippen molar-refractivity contribution in [3.8, 4) is 22.5 Å². The maximum Gasteiger partial charge on any atom is 0.253 e. The third-order valence-corrected chi connectivity index (χ3v) is 9.99. The Morgan fingerprint density at radius 3 is 1.52 bits per heavy atom. The highest BCUT2D eigenvalue weighted by Gasteiger charge is 2.16. The van der Waals surface area contributed by atoms with Gasteiger partial charge >= 0.3 is 0 Å². The molecule has 0 bridgehead atoms. The normalized spacial score (nSPS) is 11.2. The number of benzene rings is 4. The van der Waals surface area contributed by atoms with Crippen LogP contribution in [-0.2, 0) is 13.1 Å². The van der Waals surface area contributed by atoms with Gasteiger partial charge in [-0.25, -0.2) is 28.1 Å². The average Bonchev–Trinajstić information content (AvgIpc) is 3.88. The second-order valence-electron chi connectivity index (χ2n) is 14.0. The molecule has 2 amide bonds. The predicted octanol–water partition coefficient (Wildman–Crippen LogP) is 6.92. The first-order chi connectivity index (χ1) is 29.7. The number of nitrogens with zero attached hydrogens (tertiary/aromatic N) is 10. The van der Waals surface area contributed by atoms with Crippen LogP contribution in [0.5, 0.6) is 0 Å². The zero-order valence-corrected chi connectivity index (χ0v) is 32.2. The fraction of sp³-hybridized carbons (Fsp3) is 0.0667. The zero-order valence-electron chi connectivity index (χ0n) is 32.2. The molecule has 61 heavy (non-hydrogen) atoms. The van der Waals surface area contributed by atoms with E-state index < -0.39 is 23.4 Å². The minimum Gasteiger partial charge on any atom is -0.366 e. The number of nitrogens with one attached hydrogen (secondary N) is 1. The van der Waals surface area contributed by atoms with E-state index in [4.69, 9.17) is 5.73 Å². The van der Waals surface area contributed by atoms with Crippen LogP contribution in [0.2, 0.25) is 0 Å². The molecule has 16 heteroatoms. The van der Waals surface area contributed by atoms with Crippen molar-refractivity contribution in [1.82, 2.24) is 55.2 Å². The summed E-state index contributed by atoms with van der Waals surface area (Å²) < 4.78 is 32.0. The highest BCUT2D eigenvalue weighted by Crippen LogP contribution is 2.25. The Hall–Kier alpha value is -8.40. The molecule has 0 saturated carbocycles. The zero-order chi connectivity index (χ0) is 42.0. The molecule has 0 aliphatic heterocycles. The number of halogens is 2. The van der Waals surface area contributed by atoms with E-state index in [1.165, 1.54) is 31.3 Å². The van der Waals surface area contributed by atoms with Crippen LogP contribution in [0.25, 0.3) is 66.6 Å². The van der Waals surface area contributed by atoms with Crippen LogP contribution >= 0.6 is 0 Å². The van der Waals surface area contributed by atoms with E-state index in [0.717, 1.165) is 32.9 Å². The number of fused-ring (bicyclic) bond motifs is 4. The molecule has 0 radical (unpaired) electrons. The Balaban J connectivity index is 0.000000156. The molecule has 0 aliphatic carbocycles. The smallest absolute Gasteiger partial charge is 0.253 e. The number of nitrogens with two attached hydrogens (primary N) is 1. The van der Waals surface area contributed by atoms with Gasteiger partial charge < -0.3 is 11.1 Å². The monoisotopic (exact) mass is 810 g/mol. The van der Waals surface area contributed by atoms with E-state index in [2.05, 4.69) is 58.0 Å². The second kappa shape index (κ2) is 16.1. The Morgan fingerprint density at radius 2 is 1.07 bits per heavy atom. The molecule has 0 aliphatic rings. The van der Waals surface area contributed by atoms with Gasteiger partial charge in [-0.1, -0.05) is 46.8 Å².